The molecule has 0 radical (unpaired) electrons. The molecule has 0 fully saturated rings. The summed E-state index contributed by atoms with van der Waals surface area (Å²) in [5, 5.41) is 19.8. The lowest BCUT2D eigenvalue weighted by Crippen LogP contribution is -2.40. The largest absolute Gasteiger partial charge is 0.477 e. The summed E-state index contributed by atoms with van der Waals surface area (Å²) in [6.45, 7) is -4.23. The topological polar surface area (TPSA) is 151 Å². The van der Waals surface area contributed by atoms with Gasteiger partial charge in [-0.1, -0.05) is 0 Å². The van der Waals surface area contributed by atoms with Crippen LogP contribution in [0.4, 0.5) is 27.2 Å². The van der Waals surface area contributed by atoms with Crippen LogP contribution in [0.25, 0.3) is 0 Å². The van der Waals surface area contributed by atoms with Crippen LogP contribution in [0.15, 0.2) is 0 Å². The van der Waals surface area contributed by atoms with Crippen LogP contribution in [0.2, 0.25) is 0 Å². The number of aliphatic carboxylic acids is 2. The van der Waals surface area contributed by atoms with Gasteiger partial charge in [0.1, 0.15) is 0 Å². The molecule has 0 atom stereocenters. The number of carbonyl (C=O) groups is 4. The second kappa shape index (κ2) is 8.73. The lowest BCUT2D eigenvalue weighted by molar-refractivity contribution is -0.170. The number of nitrogens with one attached hydrogen (secondary N) is 2. The first-order valence-electron chi connectivity index (χ1n) is 5.92. The van der Waals surface area contributed by atoms with Crippen LogP contribution < -0.4 is 10.6 Å². The molecular formula is C10H12F4N2O8. The van der Waals surface area contributed by atoms with Crippen LogP contribution >= 0.6 is 0 Å². The second-order valence-corrected chi connectivity index (χ2v) is 4.03. The number of hydrogen-bond acceptors (Lipinski definition) is 6. The van der Waals surface area contributed by atoms with E-state index in [1.807, 2.05) is 10.6 Å². The van der Waals surface area contributed by atoms with E-state index in [-0.39, 0.29) is 0 Å². The molecule has 2 amide bonds. The van der Waals surface area contributed by atoms with Gasteiger partial charge < -0.3 is 30.3 Å². The maximum Gasteiger partial charge on any atom is 0.407 e. The summed E-state index contributed by atoms with van der Waals surface area (Å²) >= 11 is 0. The molecule has 0 bridgehead atoms. The second-order valence-electron chi connectivity index (χ2n) is 4.03. The summed E-state index contributed by atoms with van der Waals surface area (Å²) in [4.78, 5) is 41.9. The van der Waals surface area contributed by atoms with Crippen LogP contribution in [0.3, 0.4) is 0 Å². The predicted octanol–water partition coefficient (Wildman–Crippen LogP) is -0.121. The third-order valence-corrected chi connectivity index (χ3v) is 2.06. The summed E-state index contributed by atoms with van der Waals surface area (Å²) in [7, 11) is 0. The molecule has 0 aliphatic carbocycles. The summed E-state index contributed by atoms with van der Waals surface area (Å²) in [5.41, 5.74) is 0. The summed E-state index contributed by atoms with van der Waals surface area (Å²) in [5.74, 6) is -13.5. The quantitative estimate of drug-likeness (QED) is 0.326. The minimum absolute atomic E-state index is 0.401. The average molecular weight is 364 g/mol. The highest BCUT2D eigenvalue weighted by Gasteiger charge is 2.41. The number of rotatable bonds is 9. The molecule has 138 valence electrons. The SMILES string of the molecule is O=C(NCCNC(=O)OCC(F)(F)C(=O)O)OCC(F)(F)C(=O)O. The molecule has 4 N–H and O–H groups in total. The van der Waals surface area contributed by atoms with Crippen molar-refractivity contribution in [3.63, 3.8) is 0 Å². The Hall–Kier alpha value is -2.80. The maximum absolute atomic E-state index is 12.6. The van der Waals surface area contributed by atoms with E-state index >= 15 is 0 Å². The minimum Gasteiger partial charge on any atom is -0.477 e. The highest BCUT2D eigenvalue weighted by atomic mass is 19.3. The van der Waals surface area contributed by atoms with Crippen LogP contribution in [0.1, 0.15) is 0 Å². The Bertz CT molecular complexity index is 455. The molecule has 0 saturated heterocycles. The molecule has 10 nitrogen and oxygen atoms in total. The van der Waals surface area contributed by atoms with Crippen LogP contribution in [-0.4, -0.2) is 72.5 Å². The van der Waals surface area contributed by atoms with Crippen molar-refractivity contribution in [2.24, 2.45) is 0 Å². The zero-order valence-corrected chi connectivity index (χ0v) is 11.7. The smallest absolute Gasteiger partial charge is 0.407 e. The van der Waals surface area contributed by atoms with Gasteiger partial charge in [-0.3, -0.25) is 0 Å². The fraction of sp³-hybridized carbons (Fsp3) is 0.600. The van der Waals surface area contributed by atoms with Crippen molar-refractivity contribution in [2.75, 3.05) is 26.3 Å². The monoisotopic (exact) mass is 364 g/mol. The number of carboxylic acid groups (broad SMARTS) is 2. The third-order valence-electron chi connectivity index (χ3n) is 2.06. The first-order chi connectivity index (χ1) is 10.9. The Balaban J connectivity index is 3.89. The van der Waals surface area contributed by atoms with E-state index < -0.39 is 62.3 Å². The Kier molecular flexibility index (Phi) is 7.71. The van der Waals surface area contributed by atoms with E-state index in [2.05, 4.69) is 9.47 Å². The fourth-order valence-corrected chi connectivity index (χ4v) is 0.867. The van der Waals surface area contributed by atoms with Gasteiger partial charge in [-0.05, 0) is 0 Å². The van der Waals surface area contributed by atoms with E-state index in [0.717, 1.165) is 0 Å². The molecule has 0 heterocycles. The first-order valence-corrected chi connectivity index (χ1v) is 5.92. The molecule has 0 unspecified atom stereocenters. The summed E-state index contributed by atoms with van der Waals surface area (Å²) in [6, 6.07) is 0. The molecular weight excluding hydrogens is 352 g/mol. The number of carbonyl (C=O) groups excluding carboxylic acids is 2. The molecule has 0 spiro atoms. The average Bonchev–Trinajstić information content (AvgIpc) is 2.47. The number of amides is 2. The van der Waals surface area contributed by atoms with Gasteiger partial charge in [0, 0.05) is 13.1 Å². The number of alkyl halides is 4. The normalized spacial score (nSPS) is 11.3. The number of halogens is 4. The first kappa shape index (κ1) is 21.2. The molecule has 0 rings (SSSR count). The standard InChI is InChI=1S/C10H12F4N2O8/c11-9(12,5(17)18)3-23-7(21)15-1-2-16-8(22)24-4-10(13,14)6(19)20/h1-4H2,(H,15,21)(H,16,22)(H,17,18)(H,19,20). The van der Waals surface area contributed by atoms with Crippen molar-refractivity contribution in [3.8, 4) is 0 Å². The van der Waals surface area contributed by atoms with Gasteiger partial charge in [-0.15, -0.1) is 0 Å². The molecule has 0 aliphatic rings. The van der Waals surface area contributed by atoms with Crippen molar-refractivity contribution in [2.45, 2.75) is 11.8 Å². The van der Waals surface area contributed by atoms with Crippen molar-refractivity contribution in [1.82, 2.24) is 10.6 Å². The Morgan fingerprint density at radius 1 is 0.750 bits per heavy atom. The Morgan fingerprint density at radius 3 is 1.29 bits per heavy atom. The lowest BCUT2D eigenvalue weighted by Gasteiger charge is -2.13. The minimum atomic E-state index is -4.27. The zero-order valence-electron chi connectivity index (χ0n) is 11.7. The van der Waals surface area contributed by atoms with Gasteiger partial charge in [-0.2, -0.15) is 17.6 Å². The van der Waals surface area contributed by atoms with Gasteiger partial charge >= 0.3 is 36.0 Å². The number of carboxylic acids is 2. The van der Waals surface area contributed by atoms with Crippen molar-refractivity contribution < 1.29 is 56.4 Å². The molecule has 0 aromatic carbocycles. The van der Waals surface area contributed by atoms with Gasteiger partial charge in [0.05, 0.1) is 0 Å². The molecule has 0 aromatic rings. The molecule has 0 aromatic heterocycles. The van der Waals surface area contributed by atoms with E-state index in [1.165, 1.54) is 0 Å². The van der Waals surface area contributed by atoms with E-state index in [0.29, 0.717) is 0 Å². The van der Waals surface area contributed by atoms with Crippen molar-refractivity contribution in [3.05, 3.63) is 0 Å². The van der Waals surface area contributed by atoms with Gasteiger partial charge in [0.15, 0.2) is 13.2 Å². The molecule has 14 heteroatoms. The maximum atomic E-state index is 12.6. The highest BCUT2D eigenvalue weighted by molar-refractivity contribution is 5.76. The summed E-state index contributed by atoms with van der Waals surface area (Å²) in [6.07, 6.45) is -2.83. The fourth-order valence-electron chi connectivity index (χ4n) is 0.867. The molecule has 0 aliphatic heterocycles. The number of hydrogen-bond donors (Lipinski definition) is 4. The summed E-state index contributed by atoms with van der Waals surface area (Å²) < 4.78 is 58.0. The molecule has 0 saturated carbocycles. The van der Waals surface area contributed by atoms with E-state index in [9.17, 15) is 36.7 Å². The lowest BCUT2D eigenvalue weighted by atomic mass is 10.4. The van der Waals surface area contributed by atoms with E-state index in [1.54, 1.807) is 0 Å². The van der Waals surface area contributed by atoms with Crippen LogP contribution in [0.5, 0.6) is 0 Å². The van der Waals surface area contributed by atoms with E-state index in [4.69, 9.17) is 10.2 Å². The number of alkyl carbamates (subject to hydrolysis) is 2. The van der Waals surface area contributed by atoms with Gasteiger partial charge in [0.2, 0.25) is 0 Å². The van der Waals surface area contributed by atoms with Crippen molar-refractivity contribution in [1.29, 1.82) is 0 Å². The van der Waals surface area contributed by atoms with Crippen LogP contribution in [-0.2, 0) is 19.1 Å². The number of ether oxygens (including phenoxy) is 2. The Morgan fingerprint density at radius 2 is 1.04 bits per heavy atom. The predicted molar refractivity (Wildman–Crippen MR) is 63.9 cm³/mol. The van der Waals surface area contributed by atoms with Gasteiger partial charge in [-0.25, -0.2) is 19.2 Å². The Labute approximate surface area is 130 Å². The van der Waals surface area contributed by atoms with Crippen LogP contribution in [0, 0.1) is 0 Å². The van der Waals surface area contributed by atoms with Crippen molar-refractivity contribution >= 4 is 24.1 Å². The zero-order chi connectivity index (χ0) is 19.0. The highest BCUT2D eigenvalue weighted by Crippen LogP contribution is 2.14. The molecule has 24 heavy (non-hydrogen) atoms. The van der Waals surface area contributed by atoms with Gasteiger partial charge in [0.25, 0.3) is 0 Å². The third kappa shape index (κ3) is 8.00.